The minimum Gasteiger partial charge on any atom is -0.413 e. The molecular formula is C9H19ClOSi. The number of alkyl halides is 1. The van der Waals surface area contributed by atoms with Crippen LogP contribution in [0.15, 0.2) is 0 Å². The lowest BCUT2D eigenvalue weighted by atomic mass is 9.97. The van der Waals surface area contributed by atoms with Gasteiger partial charge in [-0.05, 0) is 32.5 Å². The van der Waals surface area contributed by atoms with E-state index in [4.69, 9.17) is 16.0 Å². The van der Waals surface area contributed by atoms with E-state index in [1.807, 2.05) is 0 Å². The third kappa shape index (κ3) is 3.46. The maximum Gasteiger partial charge on any atom is 0.184 e. The highest BCUT2D eigenvalue weighted by molar-refractivity contribution is 6.69. The number of halogens is 1. The summed E-state index contributed by atoms with van der Waals surface area (Å²) in [6, 6.07) is 0. The van der Waals surface area contributed by atoms with Crippen LogP contribution in [0.1, 0.15) is 25.7 Å². The molecule has 0 radical (unpaired) electrons. The average Bonchev–Trinajstić information content (AvgIpc) is 1.91. The van der Waals surface area contributed by atoms with E-state index in [9.17, 15) is 0 Å². The first-order valence-electron chi connectivity index (χ1n) is 4.81. The van der Waals surface area contributed by atoms with E-state index in [0.29, 0.717) is 6.10 Å². The standard InChI is InChI=1S/C9H19ClOSi/c1-12(2,3)11-9-7-5-4-6-8(9)10/h8-9H,4-7H2,1-3H3/t8-,9-/m0/s1. The first kappa shape index (κ1) is 10.5. The van der Waals surface area contributed by atoms with Crippen LogP contribution < -0.4 is 0 Å². The van der Waals surface area contributed by atoms with Gasteiger partial charge in [-0.1, -0.05) is 12.8 Å². The Balaban J connectivity index is 2.39. The van der Waals surface area contributed by atoms with Crippen LogP contribution >= 0.6 is 11.6 Å². The zero-order valence-electron chi connectivity index (χ0n) is 8.27. The molecule has 1 saturated carbocycles. The van der Waals surface area contributed by atoms with Crippen LogP contribution in [0.3, 0.4) is 0 Å². The van der Waals surface area contributed by atoms with Gasteiger partial charge in [0.1, 0.15) is 0 Å². The van der Waals surface area contributed by atoms with Crippen molar-refractivity contribution in [2.75, 3.05) is 0 Å². The van der Waals surface area contributed by atoms with Gasteiger partial charge in [0.25, 0.3) is 0 Å². The van der Waals surface area contributed by atoms with Gasteiger partial charge in [0.2, 0.25) is 0 Å². The summed E-state index contributed by atoms with van der Waals surface area (Å²) in [7, 11) is -1.37. The Labute approximate surface area is 81.6 Å². The van der Waals surface area contributed by atoms with Crippen LogP contribution in [-0.2, 0) is 4.43 Å². The van der Waals surface area contributed by atoms with E-state index >= 15 is 0 Å². The normalized spacial score (nSPS) is 32.0. The summed E-state index contributed by atoms with van der Waals surface area (Å²) in [5.41, 5.74) is 0. The number of hydrogen-bond donors (Lipinski definition) is 0. The van der Waals surface area contributed by atoms with Gasteiger partial charge in [0, 0.05) is 0 Å². The topological polar surface area (TPSA) is 9.23 Å². The van der Waals surface area contributed by atoms with Crippen molar-refractivity contribution >= 4 is 19.9 Å². The van der Waals surface area contributed by atoms with Crippen molar-refractivity contribution in [2.24, 2.45) is 0 Å². The van der Waals surface area contributed by atoms with E-state index in [-0.39, 0.29) is 5.38 Å². The molecule has 0 aromatic heterocycles. The van der Waals surface area contributed by atoms with Crippen LogP contribution in [0.5, 0.6) is 0 Å². The van der Waals surface area contributed by atoms with Crippen LogP contribution in [0.4, 0.5) is 0 Å². The molecule has 1 nitrogen and oxygen atoms in total. The predicted molar refractivity (Wildman–Crippen MR) is 56.3 cm³/mol. The molecule has 0 unspecified atom stereocenters. The smallest absolute Gasteiger partial charge is 0.184 e. The van der Waals surface area contributed by atoms with Crippen LogP contribution in [0, 0.1) is 0 Å². The highest BCUT2D eigenvalue weighted by atomic mass is 35.5. The quantitative estimate of drug-likeness (QED) is 0.497. The summed E-state index contributed by atoms with van der Waals surface area (Å²) in [4.78, 5) is 0. The zero-order chi connectivity index (χ0) is 9.19. The van der Waals surface area contributed by atoms with Gasteiger partial charge in [0.05, 0.1) is 11.5 Å². The first-order valence-corrected chi connectivity index (χ1v) is 8.65. The van der Waals surface area contributed by atoms with Crippen molar-refractivity contribution in [3.8, 4) is 0 Å². The average molecular weight is 207 g/mol. The predicted octanol–water partition coefficient (Wildman–Crippen LogP) is 3.39. The summed E-state index contributed by atoms with van der Waals surface area (Å²) in [5, 5.41) is 0.269. The molecule has 2 atom stereocenters. The summed E-state index contributed by atoms with van der Waals surface area (Å²) < 4.78 is 6.00. The first-order chi connectivity index (χ1) is 5.49. The lowest BCUT2D eigenvalue weighted by Crippen LogP contribution is -2.38. The van der Waals surface area contributed by atoms with Crippen molar-refractivity contribution in [3.63, 3.8) is 0 Å². The zero-order valence-corrected chi connectivity index (χ0v) is 10.0. The third-order valence-electron chi connectivity index (χ3n) is 2.13. The summed E-state index contributed by atoms with van der Waals surface area (Å²) in [6.07, 6.45) is 5.21. The van der Waals surface area contributed by atoms with Gasteiger partial charge in [-0.2, -0.15) is 0 Å². The van der Waals surface area contributed by atoms with E-state index < -0.39 is 8.32 Å². The molecule has 0 spiro atoms. The molecule has 0 amide bonds. The molecule has 1 rings (SSSR count). The van der Waals surface area contributed by atoms with Gasteiger partial charge in [-0.15, -0.1) is 11.6 Å². The Morgan fingerprint density at radius 1 is 1.17 bits per heavy atom. The van der Waals surface area contributed by atoms with Crippen molar-refractivity contribution in [1.29, 1.82) is 0 Å². The highest BCUT2D eigenvalue weighted by Gasteiger charge is 2.28. The molecule has 0 heterocycles. The molecule has 0 saturated heterocycles. The Morgan fingerprint density at radius 3 is 2.25 bits per heavy atom. The van der Waals surface area contributed by atoms with Crippen molar-refractivity contribution in [3.05, 3.63) is 0 Å². The molecular weight excluding hydrogens is 188 g/mol. The van der Waals surface area contributed by atoms with Crippen molar-refractivity contribution in [1.82, 2.24) is 0 Å². The van der Waals surface area contributed by atoms with E-state index in [0.717, 1.165) is 6.42 Å². The monoisotopic (exact) mass is 206 g/mol. The Kier molecular flexibility index (Phi) is 3.62. The van der Waals surface area contributed by atoms with Gasteiger partial charge in [-0.25, -0.2) is 0 Å². The Hall–Kier alpha value is 0.467. The fraction of sp³-hybridized carbons (Fsp3) is 1.00. The molecule has 0 aromatic carbocycles. The summed E-state index contributed by atoms with van der Waals surface area (Å²) in [6.45, 7) is 6.68. The van der Waals surface area contributed by atoms with Gasteiger partial charge >= 0.3 is 0 Å². The maximum absolute atomic E-state index is 6.19. The summed E-state index contributed by atoms with van der Waals surface area (Å²) in [5.74, 6) is 0. The molecule has 0 aliphatic heterocycles. The van der Waals surface area contributed by atoms with Gasteiger partial charge in [0.15, 0.2) is 8.32 Å². The molecule has 3 heteroatoms. The molecule has 12 heavy (non-hydrogen) atoms. The van der Waals surface area contributed by atoms with Crippen LogP contribution in [-0.4, -0.2) is 19.8 Å². The molecule has 0 N–H and O–H groups in total. The lowest BCUT2D eigenvalue weighted by molar-refractivity contribution is 0.152. The maximum atomic E-state index is 6.19. The molecule has 1 fully saturated rings. The van der Waals surface area contributed by atoms with Crippen LogP contribution in [0.2, 0.25) is 19.6 Å². The Morgan fingerprint density at radius 2 is 1.75 bits per heavy atom. The fourth-order valence-corrected chi connectivity index (χ4v) is 3.25. The molecule has 0 aromatic rings. The van der Waals surface area contributed by atoms with Crippen molar-refractivity contribution in [2.45, 2.75) is 56.8 Å². The number of hydrogen-bond acceptors (Lipinski definition) is 1. The lowest BCUT2D eigenvalue weighted by Gasteiger charge is -2.32. The minimum absolute atomic E-state index is 0.269. The van der Waals surface area contributed by atoms with Crippen LogP contribution in [0.25, 0.3) is 0 Å². The molecule has 1 aliphatic rings. The van der Waals surface area contributed by atoms with Gasteiger partial charge in [-0.3, -0.25) is 0 Å². The minimum atomic E-state index is -1.37. The second-order valence-corrected chi connectivity index (χ2v) is 9.59. The largest absolute Gasteiger partial charge is 0.413 e. The molecule has 1 aliphatic carbocycles. The van der Waals surface area contributed by atoms with E-state index in [1.165, 1.54) is 19.3 Å². The molecule has 72 valence electrons. The molecule has 0 bridgehead atoms. The second-order valence-electron chi connectivity index (χ2n) is 4.57. The number of rotatable bonds is 2. The second kappa shape index (κ2) is 4.12. The Bertz CT molecular complexity index is 144. The SMILES string of the molecule is C[Si](C)(C)O[C@H]1CCCC[C@@H]1Cl. The van der Waals surface area contributed by atoms with E-state index in [2.05, 4.69) is 19.6 Å². The fourth-order valence-electron chi connectivity index (χ4n) is 1.64. The van der Waals surface area contributed by atoms with Gasteiger partial charge < -0.3 is 4.43 Å². The summed E-state index contributed by atoms with van der Waals surface area (Å²) >= 11 is 6.19. The highest BCUT2D eigenvalue weighted by Crippen LogP contribution is 2.27. The third-order valence-corrected chi connectivity index (χ3v) is 3.64. The van der Waals surface area contributed by atoms with Crippen molar-refractivity contribution < 1.29 is 4.43 Å². The van der Waals surface area contributed by atoms with E-state index in [1.54, 1.807) is 0 Å².